The first-order chi connectivity index (χ1) is 11.6. The molecule has 2 aromatic rings. The van der Waals surface area contributed by atoms with Gasteiger partial charge in [0.25, 0.3) is 5.56 Å². The minimum absolute atomic E-state index is 0.0128. The fourth-order valence-corrected chi connectivity index (χ4v) is 4.34. The van der Waals surface area contributed by atoms with Crippen LogP contribution in [0, 0.1) is 0 Å². The van der Waals surface area contributed by atoms with E-state index in [1.165, 1.54) is 16.9 Å². The lowest BCUT2D eigenvalue weighted by atomic mass is 10.1. The maximum Gasteiger partial charge on any atom is 0.267 e. The Balaban J connectivity index is 1.65. The first kappa shape index (κ1) is 17.0. The lowest BCUT2D eigenvalue weighted by molar-refractivity contribution is -0.131. The third-order valence-electron chi connectivity index (χ3n) is 4.02. The van der Waals surface area contributed by atoms with Crippen LogP contribution in [0.15, 0.2) is 47.4 Å². The molecular weight excluding hydrogens is 346 g/mol. The van der Waals surface area contributed by atoms with Crippen molar-refractivity contribution in [2.75, 3.05) is 18.8 Å². The highest BCUT2D eigenvalue weighted by molar-refractivity contribution is 7.99. The molecule has 1 saturated heterocycles. The lowest BCUT2D eigenvalue weighted by Gasteiger charge is -2.20. The Bertz CT molecular complexity index is 780. The third kappa shape index (κ3) is 3.99. The average Bonchev–Trinajstić information content (AvgIpc) is 2.83. The molecule has 0 saturated carbocycles. The van der Waals surface area contributed by atoms with Gasteiger partial charge in [-0.05, 0) is 24.1 Å². The van der Waals surface area contributed by atoms with Crippen LogP contribution in [0.1, 0.15) is 17.2 Å². The van der Waals surface area contributed by atoms with Gasteiger partial charge >= 0.3 is 0 Å². The Labute approximate surface area is 149 Å². The Kier molecular flexibility index (Phi) is 5.58. The normalized spacial score (nSPS) is 18.2. The molecule has 1 unspecified atom stereocenters. The molecule has 1 amide bonds. The summed E-state index contributed by atoms with van der Waals surface area (Å²) in [5.74, 6) is 0.773. The molecule has 1 atom stereocenters. The quantitative estimate of drug-likeness (QED) is 0.841. The minimum atomic E-state index is -0.260. The highest BCUT2D eigenvalue weighted by atomic mass is 35.5. The molecule has 24 heavy (non-hydrogen) atoms. The number of aromatic nitrogens is 2. The van der Waals surface area contributed by atoms with Crippen molar-refractivity contribution in [2.24, 2.45) is 0 Å². The maximum atomic E-state index is 12.5. The highest BCUT2D eigenvalue weighted by Crippen LogP contribution is 2.37. The van der Waals surface area contributed by atoms with Crippen LogP contribution >= 0.6 is 23.4 Å². The minimum Gasteiger partial charge on any atom is -0.340 e. The second-order valence-corrected chi connectivity index (χ2v) is 7.29. The third-order valence-corrected chi connectivity index (χ3v) is 5.67. The van der Waals surface area contributed by atoms with Gasteiger partial charge in [-0.3, -0.25) is 9.59 Å². The predicted molar refractivity (Wildman–Crippen MR) is 96.3 cm³/mol. The molecule has 5 nitrogen and oxygen atoms in total. The van der Waals surface area contributed by atoms with Gasteiger partial charge in [0.05, 0.1) is 0 Å². The van der Waals surface area contributed by atoms with Crippen LogP contribution in [0.4, 0.5) is 0 Å². The number of carbonyl (C=O) groups is 1. The number of hydrogen-bond acceptors (Lipinski definition) is 4. The SMILES string of the molecule is O=C(Cn1ncccc1=O)N1CCSC(c2ccccc2Cl)CC1. The molecule has 0 aliphatic carbocycles. The number of carbonyl (C=O) groups excluding carboxylic acids is 1. The number of halogens is 1. The van der Waals surface area contributed by atoms with Gasteiger partial charge in [0.1, 0.15) is 6.54 Å². The van der Waals surface area contributed by atoms with E-state index in [9.17, 15) is 9.59 Å². The van der Waals surface area contributed by atoms with Crippen molar-refractivity contribution in [3.05, 3.63) is 63.5 Å². The van der Waals surface area contributed by atoms with E-state index >= 15 is 0 Å². The van der Waals surface area contributed by atoms with Crippen LogP contribution < -0.4 is 5.56 Å². The molecule has 1 aliphatic heterocycles. The number of thioether (sulfide) groups is 1. The highest BCUT2D eigenvalue weighted by Gasteiger charge is 2.23. The van der Waals surface area contributed by atoms with Crippen molar-refractivity contribution in [3.63, 3.8) is 0 Å². The first-order valence-corrected chi connectivity index (χ1v) is 9.24. The summed E-state index contributed by atoms with van der Waals surface area (Å²) in [6, 6.07) is 10.8. The summed E-state index contributed by atoms with van der Waals surface area (Å²) in [5, 5.41) is 5.00. The van der Waals surface area contributed by atoms with Gasteiger partial charge in [-0.1, -0.05) is 29.8 Å². The molecular formula is C17H18ClN3O2S. The fraction of sp³-hybridized carbons (Fsp3) is 0.353. The molecule has 1 fully saturated rings. The van der Waals surface area contributed by atoms with Crippen molar-refractivity contribution >= 4 is 29.3 Å². The van der Waals surface area contributed by atoms with Crippen LogP contribution in [-0.4, -0.2) is 39.4 Å². The average molecular weight is 364 g/mol. The Morgan fingerprint density at radius 1 is 1.25 bits per heavy atom. The van der Waals surface area contributed by atoms with Crippen LogP contribution in [0.25, 0.3) is 0 Å². The second kappa shape index (κ2) is 7.85. The monoisotopic (exact) mass is 363 g/mol. The Morgan fingerprint density at radius 2 is 2.08 bits per heavy atom. The number of hydrogen-bond donors (Lipinski definition) is 0. The molecule has 0 spiro atoms. The van der Waals surface area contributed by atoms with E-state index in [-0.39, 0.29) is 23.3 Å². The summed E-state index contributed by atoms with van der Waals surface area (Å²) in [7, 11) is 0. The number of rotatable bonds is 3. The zero-order chi connectivity index (χ0) is 16.9. The molecule has 2 heterocycles. The molecule has 1 aromatic heterocycles. The van der Waals surface area contributed by atoms with E-state index < -0.39 is 0 Å². The molecule has 0 N–H and O–H groups in total. The summed E-state index contributed by atoms with van der Waals surface area (Å²) in [4.78, 5) is 26.0. The predicted octanol–water partition coefficient (Wildman–Crippen LogP) is 2.60. The summed E-state index contributed by atoms with van der Waals surface area (Å²) in [6.07, 6.45) is 2.36. The fourth-order valence-electron chi connectivity index (χ4n) is 2.74. The van der Waals surface area contributed by atoms with Crippen LogP contribution in [-0.2, 0) is 11.3 Å². The summed E-state index contributed by atoms with van der Waals surface area (Å²) in [6.45, 7) is 1.32. The maximum absolute atomic E-state index is 12.5. The second-order valence-electron chi connectivity index (χ2n) is 5.57. The Hall–Kier alpha value is -1.79. The number of amides is 1. The van der Waals surface area contributed by atoms with Crippen molar-refractivity contribution in [2.45, 2.75) is 18.2 Å². The number of nitrogens with zero attached hydrogens (tertiary/aromatic N) is 3. The zero-order valence-corrected chi connectivity index (χ0v) is 14.7. The summed E-state index contributed by atoms with van der Waals surface area (Å²) >= 11 is 8.11. The van der Waals surface area contributed by atoms with Gasteiger partial charge in [-0.25, -0.2) is 4.68 Å². The summed E-state index contributed by atoms with van der Waals surface area (Å²) < 4.78 is 1.20. The van der Waals surface area contributed by atoms with Crippen molar-refractivity contribution in [1.82, 2.24) is 14.7 Å². The van der Waals surface area contributed by atoms with E-state index in [0.29, 0.717) is 13.1 Å². The Morgan fingerprint density at radius 3 is 2.88 bits per heavy atom. The van der Waals surface area contributed by atoms with Gasteiger partial charge < -0.3 is 4.90 Å². The molecule has 1 aliphatic rings. The van der Waals surface area contributed by atoms with Gasteiger partial charge in [-0.15, -0.1) is 0 Å². The molecule has 3 rings (SSSR count). The molecule has 126 valence electrons. The van der Waals surface area contributed by atoms with Crippen LogP contribution in [0.2, 0.25) is 5.02 Å². The lowest BCUT2D eigenvalue weighted by Crippen LogP contribution is -2.38. The van der Waals surface area contributed by atoms with Gasteiger partial charge in [0.2, 0.25) is 5.91 Å². The molecule has 7 heteroatoms. The van der Waals surface area contributed by atoms with Crippen LogP contribution in [0.3, 0.4) is 0 Å². The van der Waals surface area contributed by atoms with Crippen molar-refractivity contribution < 1.29 is 4.79 Å². The largest absolute Gasteiger partial charge is 0.340 e. The molecule has 0 bridgehead atoms. The molecule has 1 aromatic carbocycles. The zero-order valence-electron chi connectivity index (χ0n) is 13.1. The van der Waals surface area contributed by atoms with Gasteiger partial charge in [0, 0.05) is 41.4 Å². The van der Waals surface area contributed by atoms with E-state index in [1.54, 1.807) is 6.07 Å². The topological polar surface area (TPSA) is 55.2 Å². The van der Waals surface area contributed by atoms with Crippen molar-refractivity contribution in [3.8, 4) is 0 Å². The van der Waals surface area contributed by atoms with E-state index in [2.05, 4.69) is 5.10 Å². The van der Waals surface area contributed by atoms with Gasteiger partial charge in [0.15, 0.2) is 0 Å². The number of benzene rings is 1. The smallest absolute Gasteiger partial charge is 0.267 e. The van der Waals surface area contributed by atoms with Crippen molar-refractivity contribution in [1.29, 1.82) is 0 Å². The first-order valence-electron chi connectivity index (χ1n) is 7.81. The molecule has 0 radical (unpaired) electrons. The standard InChI is InChI=1S/C17H18ClN3O2S/c18-14-5-2-1-4-13(14)15-7-9-20(10-11-24-15)17(23)12-21-16(22)6-3-8-19-21/h1-6,8,15H,7,9-12H2. The van der Waals surface area contributed by atoms with E-state index in [4.69, 9.17) is 11.6 Å². The van der Waals surface area contributed by atoms with Gasteiger partial charge in [-0.2, -0.15) is 16.9 Å². The summed E-state index contributed by atoms with van der Waals surface area (Å²) in [5.41, 5.74) is 0.864. The van der Waals surface area contributed by atoms with Crippen LogP contribution in [0.5, 0.6) is 0 Å². The van der Waals surface area contributed by atoms with E-state index in [0.717, 1.165) is 22.8 Å². The van der Waals surface area contributed by atoms with E-state index in [1.807, 2.05) is 40.9 Å².